The molecule has 1 aromatic heterocycles. The van der Waals surface area contributed by atoms with Gasteiger partial charge in [0, 0.05) is 19.4 Å². The molecule has 1 aromatic rings. The molecule has 0 aromatic carbocycles. The van der Waals surface area contributed by atoms with Crippen molar-refractivity contribution in [1.29, 1.82) is 0 Å². The van der Waals surface area contributed by atoms with Crippen LogP contribution in [-0.2, 0) is 23.1 Å². The average Bonchev–Trinajstić information content (AvgIpc) is 2.99. The molecule has 9 nitrogen and oxygen atoms in total. The zero-order chi connectivity index (χ0) is 26.1. The van der Waals surface area contributed by atoms with Gasteiger partial charge in [-0.25, -0.2) is 4.79 Å². The summed E-state index contributed by atoms with van der Waals surface area (Å²) in [6.07, 6.45) is -0.940. The average molecular weight is 517 g/mol. The van der Waals surface area contributed by atoms with E-state index in [1.807, 2.05) is 0 Å². The first-order valence-electron chi connectivity index (χ1n) is 11.8. The molecule has 1 fully saturated rings. The molecule has 0 radical (unpaired) electrons. The normalized spacial score (nSPS) is 24.6. The van der Waals surface area contributed by atoms with Gasteiger partial charge in [-0.2, -0.15) is 0 Å². The summed E-state index contributed by atoms with van der Waals surface area (Å²) >= 11 is 0. The molecule has 0 aliphatic carbocycles. The van der Waals surface area contributed by atoms with Gasteiger partial charge < -0.3 is 23.1 Å². The minimum atomic E-state index is -2.29. The highest BCUT2D eigenvalue weighted by Crippen LogP contribution is 2.43. The molecule has 1 unspecified atom stereocenters. The highest BCUT2D eigenvalue weighted by Gasteiger charge is 2.52. The van der Waals surface area contributed by atoms with Gasteiger partial charge >= 0.3 is 5.69 Å². The van der Waals surface area contributed by atoms with Gasteiger partial charge in [0.2, 0.25) is 0 Å². The van der Waals surface area contributed by atoms with Gasteiger partial charge in [-0.3, -0.25) is 14.3 Å². The van der Waals surface area contributed by atoms with E-state index in [9.17, 15) is 9.59 Å². The number of nitrogens with zero attached hydrogens (tertiary/aromatic N) is 1. The Labute approximate surface area is 205 Å². The third kappa shape index (κ3) is 6.56. The predicted octanol–water partition coefficient (Wildman–Crippen LogP) is 3.84. The third-order valence-corrected chi connectivity index (χ3v) is 16.4. The molecule has 11 heteroatoms. The molecule has 2 rings (SSSR count). The van der Waals surface area contributed by atoms with Crippen molar-refractivity contribution in [2.45, 2.75) is 102 Å². The Morgan fingerprint density at radius 1 is 1.00 bits per heavy atom. The van der Waals surface area contributed by atoms with Crippen molar-refractivity contribution in [2.75, 3.05) is 20.5 Å². The number of rotatable bonds is 9. The molecule has 1 N–H and O–H groups in total. The van der Waals surface area contributed by atoms with Gasteiger partial charge in [0.15, 0.2) is 22.9 Å². The molecular weight excluding hydrogens is 472 g/mol. The van der Waals surface area contributed by atoms with Crippen molar-refractivity contribution in [3.05, 3.63) is 33.1 Å². The van der Waals surface area contributed by atoms with Crippen molar-refractivity contribution in [1.82, 2.24) is 9.55 Å². The van der Waals surface area contributed by atoms with Gasteiger partial charge in [-0.05, 0) is 36.3 Å². The first-order chi connectivity index (χ1) is 15.4. The fraction of sp³-hybridized carbons (Fsp3) is 0.826. The Kier molecular flexibility index (Phi) is 8.99. The Hall–Kier alpha value is -1.09. The van der Waals surface area contributed by atoms with E-state index in [2.05, 4.69) is 72.7 Å². The molecule has 0 spiro atoms. The van der Waals surface area contributed by atoms with Crippen LogP contribution in [0.15, 0.2) is 21.9 Å². The van der Waals surface area contributed by atoms with Crippen molar-refractivity contribution in [3.63, 3.8) is 0 Å². The summed E-state index contributed by atoms with van der Waals surface area (Å²) in [7, 11) is -2.80. The van der Waals surface area contributed by atoms with Crippen LogP contribution in [0.5, 0.6) is 0 Å². The standard InChI is InChI=1S/C23H44N2O7Si2/c1-22(2,3)33(8,9)30-14-16-18(29-15-28-7)19(32-34(10,11)23(4,5)6)20(31-16)25-13-12-17(26)24-21(25)27/h12-13,16,18-20H,14-15H2,1-11H3,(H,24,26,27)/t16-,18+,19?,20-/m1/s1. The first kappa shape index (κ1) is 29.1. The number of aromatic nitrogens is 2. The van der Waals surface area contributed by atoms with Crippen LogP contribution in [0.25, 0.3) is 0 Å². The number of nitrogens with one attached hydrogen (secondary N) is 1. The van der Waals surface area contributed by atoms with Crippen molar-refractivity contribution in [3.8, 4) is 0 Å². The molecule has 0 bridgehead atoms. The lowest BCUT2D eigenvalue weighted by molar-refractivity contribution is -0.117. The Morgan fingerprint density at radius 2 is 1.59 bits per heavy atom. The van der Waals surface area contributed by atoms with Crippen LogP contribution in [0, 0.1) is 0 Å². The van der Waals surface area contributed by atoms with Crippen LogP contribution >= 0.6 is 0 Å². The summed E-state index contributed by atoms with van der Waals surface area (Å²) in [4.78, 5) is 26.7. The van der Waals surface area contributed by atoms with Crippen LogP contribution in [0.4, 0.5) is 0 Å². The number of hydrogen-bond donors (Lipinski definition) is 1. The summed E-state index contributed by atoms with van der Waals surface area (Å²) < 4.78 is 32.4. The van der Waals surface area contributed by atoms with E-state index in [1.54, 1.807) is 7.11 Å². The highest BCUT2D eigenvalue weighted by molar-refractivity contribution is 6.74. The summed E-state index contributed by atoms with van der Waals surface area (Å²) in [6, 6.07) is 1.30. The van der Waals surface area contributed by atoms with Crippen LogP contribution < -0.4 is 11.2 Å². The number of H-pyrrole nitrogens is 1. The lowest BCUT2D eigenvalue weighted by Gasteiger charge is -2.40. The Balaban J connectivity index is 2.49. The lowest BCUT2D eigenvalue weighted by atomic mass is 10.1. The summed E-state index contributed by atoms with van der Waals surface area (Å²) in [5.41, 5.74) is -1.02. The number of aromatic amines is 1. The van der Waals surface area contributed by atoms with Crippen molar-refractivity contribution in [2.24, 2.45) is 0 Å². The second kappa shape index (κ2) is 10.5. The van der Waals surface area contributed by atoms with Gasteiger partial charge in [0.1, 0.15) is 25.1 Å². The summed E-state index contributed by atoms with van der Waals surface area (Å²) in [6.45, 7) is 22.0. The first-order valence-corrected chi connectivity index (χ1v) is 17.6. The minimum Gasteiger partial charge on any atom is -0.414 e. The van der Waals surface area contributed by atoms with Crippen LogP contribution in [0.3, 0.4) is 0 Å². The smallest absolute Gasteiger partial charge is 0.330 e. The molecule has 34 heavy (non-hydrogen) atoms. The van der Waals surface area contributed by atoms with Crippen LogP contribution in [-0.4, -0.2) is 65.0 Å². The van der Waals surface area contributed by atoms with E-state index < -0.39 is 52.4 Å². The predicted molar refractivity (Wildman–Crippen MR) is 137 cm³/mol. The van der Waals surface area contributed by atoms with E-state index in [0.29, 0.717) is 6.61 Å². The van der Waals surface area contributed by atoms with Gasteiger partial charge in [-0.15, -0.1) is 0 Å². The molecule has 2 heterocycles. The Morgan fingerprint density at radius 3 is 2.09 bits per heavy atom. The maximum absolute atomic E-state index is 12.7. The monoisotopic (exact) mass is 516 g/mol. The minimum absolute atomic E-state index is 0.0286. The van der Waals surface area contributed by atoms with Gasteiger partial charge in [0.05, 0.1) is 6.61 Å². The maximum atomic E-state index is 12.7. The fourth-order valence-corrected chi connectivity index (χ4v) is 5.49. The van der Waals surface area contributed by atoms with E-state index in [0.717, 1.165) is 0 Å². The maximum Gasteiger partial charge on any atom is 0.330 e. The van der Waals surface area contributed by atoms with E-state index >= 15 is 0 Å². The molecule has 1 aliphatic heterocycles. The summed E-state index contributed by atoms with van der Waals surface area (Å²) in [5, 5.41) is -0.0458. The molecule has 4 atom stereocenters. The quantitative estimate of drug-likeness (QED) is 0.393. The van der Waals surface area contributed by atoms with E-state index in [4.69, 9.17) is 23.1 Å². The topological polar surface area (TPSA) is 101 Å². The van der Waals surface area contributed by atoms with Crippen molar-refractivity contribution >= 4 is 16.6 Å². The molecule has 196 valence electrons. The molecule has 1 aliphatic rings. The largest absolute Gasteiger partial charge is 0.414 e. The fourth-order valence-electron chi connectivity index (χ4n) is 3.19. The second-order valence-corrected chi connectivity index (χ2v) is 21.6. The van der Waals surface area contributed by atoms with E-state index in [-0.39, 0.29) is 16.9 Å². The zero-order valence-electron chi connectivity index (χ0n) is 22.7. The number of ether oxygens (including phenoxy) is 3. The second-order valence-electron chi connectivity index (χ2n) is 12.0. The molecular formula is C23H44N2O7Si2. The number of methoxy groups -OCH3 is 1. The van der Waals surface area contributed by atoms with Crippen LogP contribution in [0.1, 0.15) is 47.8 Å². The third-order valence-electron chi connectivity index (χ3n) is 7.44. The summed E-state index contributed by atoms with van der Waals surface area (Å²) in [5.74, 6) is 0. The molecule has 1 saturated heterocycles. The zero-order valence-corrected chi connectivity index (χ0v) is 24.7. The highest BCUT2D eigenvalue weighted by atomic mass is 28.4. The lowest BCUT2D eigenvalue weighted by Crippen LogP contribution is -2.51. The van der Waals surface area contributed by atoms with Gasteiger partial charge in [0.25, 0.3) is 5.56 Å². The van der Waals surface area contributed by atoms with E-state index in [1.165, 1.54) is 16.8 Å². The SMILES string of the molecule is COCO[C@@H]1C(O[Si](C)(C)C(C)(C)C)[C@H](n2ccc(=O)[nH]c2=O)O[C@@H]1CO[Si](C)(C)C(C)(C)C. The molecule has 0 saturated carbocycles. The Bertz CT molecular complexity index is 931. The molecule has 0 amide bonds. The van der Waals surface area contributed by atoms with Gasteiger partial charge in [-0.1, -0.05) is 41.5 Å². The van der Waals surface area contributed by atoms with Crippen molar-refractivity contribution < 1.29 is 23.1 Å². The number of hydrogen-bond acceptors (Lipinski definition) is 7. The van der Waals surface area contributed by atoms with Crippen LogP contribution in [0.2, 0.25) is 36.3 Å².